The normalized spacial score (nSPS) is 15.4. The monoisotopic (exact) mass is 245 g/mol. The maximum atomic E-state index is 12.4. The molecule has 0 radical (unpaired) electrons. The van der Waals surface area contributed by atoms with Crippen LogP contribution in [0, 0.1) is 0 Å². The number of fused-ring (bicyclic) bond motifs is 1. The van der Waals surface area contributed by atoms with Gasteiger partial charge in [0.15, 0.2) is 0 Å². The minimum Gasteiger partial charge on any atom is -0.266 e. The van der Waals surface area contributed by atoms with Gasteiger partial charge in [-0.2, -0.15) is 13.2 Å². The van der Waals surface area contributed by atoms with Crippen molar-refractivity contribution >= 4 is 11.8 Å². The topological polar surface area (TPSA) is 46.6 Å². The average Bonchev–Trinajstić information content (AvgIpc) is 2.50. The first-order chi connectivity index (χ1) is 7.86. The molecule has 0 bridgehead atoms. The van der Waals surface area contributed by atoms with Crippen molar-refractivity contribution in [2.75, 3.05) is 7.11 Å². The molecule has 0 atom stereocenters. The standard InChI is InChI=1S/C10H6F3NO3/c1-17-14-8(15)6-3-2-5(10(11,12)13)4-7(6)9(14)16/h2-4H,1H3. The van der Waals surface area contributed by atoms with Crippen LogP contribution in [0.3, 0.4) is 0 Å². The van der Waals surface area contributed by atoms with E-state index in [9.17, 15) is 22.8 Å². The quantitative estimate of drug-likeness (QED) is 0.709. The van der Waals surface area contributed by atoms with E-state index in [-0.39, 0.29) is 11.1 Å². The van der Waals surface area contributed by atoms with Gasteiger partial charge in [0.2, 0.25) is 0 Å². The van der Waals surface area contributed by atoms with Crippen molar-refractivity contribution in [3.63, 3.8) is 0 Å². The van der Waals surface area contributed by atoms with Crippen molar-refractivity contribution in [1.29, 1.82) is 0 Å². The van der Waals surface area contributed by atoms with E-state index in [1.165, 1.54) is 0 Å². The van der Waals surface area contributed by atoms with Gasteiger partial charge in [-0.15, -0.1) is 5.06 Å². The summed E-state index contributed by atoms with van der Waals surface area (Å²) in [7, 11) is 1.09. The van der Waals surface area contributed by atoms with E-state index < -0.39 is 23.6 Å². The highest BCUT2D eigenvalue weighted by atomic mass is 19.4. The van der Waals surface area contributed by atoms with E-state index in [1.54, 1.807) is 0 Å². The number of alkyl halides is 3. The number of benzene rings is 1. The van der Waals surface area contributed by atoms with Gasteiger partial charge in [0, 0.05) is 0 Å². The first kappa shape index (κ1) is 11.6. The van der Waals surface area contributed by atoms with Gasteiger partial charge in [0.05, 0.1) is 23.8 Å². The zero-order chi connectivity index (χ0) is 12.8. The molecule has 0 aliphatic carbocycles. The van der Waals surface area contributed by atoms with Gasteiger partial charge in [0.1, 0.15) is 0 Å². The molecule has 1 heterocycles. The van der Waals surface area contributed by atoms with Gasteiger partial charge >= 0.3 is 6.18 Å². The summed E-state index contributed by atoms with van der Waals surface area (Å²) in [5.74, 6) is -1.65. The SMILES string of the molecule is CON1C(=O)c2ccc(C(F)(F)F)cc2C1=O. The fourth-order valence-corrected chi connectivity index (χ4v) is 1.56. The Morgan fingerprint density at radius 3 is 2.24 bits per heavy atom. The third-order valence-electron chi connectivity index (χ3n) is 2.36. The molecule has 0 spiro atoms. The lowest BCUT2D eigenvalue weighted by Crippen LogP contribution is -2.28. The van der Waals surface area contributed by atoms with E-state index in [0.717, 1.165) is 19.2 Å². The molecule has 0 unspecified atom stereocenters. The first-order valence-corrected chi connectivity index (χ1v) is 4.50. The fraction of sp³-hybridized carbons (Fsp3) is 0.200. The fourth-order valence-electron chi connectivity index (χ4n) is 1.56. The van der Waals surface area contributed by atoms with E-state index >= 15 is 0 Å². The van der Waals surface area contributed by atoms with Crippen molar-refractivity contribution < 1.29 is 27.6 Å². The number of nitrogens with zero attached hydrogens (tertiary/aromatic N) is 1. The Morgan fingerprint density at radius 2 is 1.71 bits per heavy atom. The second kappa shape index (κ2) is 3.56. The third-order valence-corrected chi connectivity index (χ3v) is 2.36. The molecule has 2 rings (SSSR count). The van der Waals surface area contributed by atoms with Crippen LogP contribution in [0.25, 0.3) is 0 Å². The molecule has 1 aromatic rings. The van der Waals surface area contributed by atoms with Gasteiger partial charge in [-0.25, -0.2) is 0 Å². The zero-order valence-corrected chi connectivity index (χ0v) is 8.54. The summed E-state index contributed by atoms with van der Waals surface area (Å²) in [6, 6.07) is 2.37. The Hall–Kier alpha value is -1.89. The number of carbonyl (C=O) groups is 2. The summed E-state index contributed by atoms with van der Waals surface area (Å²) in [5, 5.41) is 0.421. The minimum absolute atomic E-state index is 0.0927. The summed E-state index contributed by atoms with van der Waals surface area (Å²) in [5.41, 5.74) is -1.37. The summed E-state index contributed by atoms with van der Waals surface area (Å²) in [4.78, 5) is 27.5. The highest BCUT2D eigenvalue weighted by Gasteiger charge is 2.39. The molecule has 2 amide bonds. The number of hydrogen-bond acceptors (Lipinski definition) is 3. The van der Waals surface area contributed by atoms with E-state index in [4.69, 9.17) is 0 Å². The van der Waals surface area contributed by atoms with E-state index in [0.29, 0.717) is 11.1 Å². The molecule has 7 heteroatoms. The molecule has 1 aromatic carbocycles. The predicted octanol–water partition coefficient (Wildman–Crippen LogP) is 1.86. The number of hydroxylamine groups is 2. The van der Waals surface area contributed by atoms with Crippen molar-refractivity contribution in [2.45, 2.75) is 6.18 Å². The Bertz CT molecular complexity index is 510. The van der Waals surface area contributed by atoms with Crippen LogP contribution in [-0.2, 0) is 11.0 Å². The molecule has 0 saturated carbocycles. The Kier molecular flexibility index (Phi) is 2.43. The number of imide groups is 1. The molecule has 0 fully saturated rings. The molecular formula is C10H6F3NO3. The molecule has 90 valence electrons. The van der Waals surface area contributed by atoms with Crippen molar-refractivity contribution in [3.8, 4) is 0 Å². The van der Waals surface area contributed by atoms with Crippen LogP contribution in [-0.4, -0.2) is 24.0 Å². The lowest BCUT2D eigenvalue weighted by molar-refractivity contribution is -0.137. The molecular weight excluding hydrogens is 239 g/mol. The zero-order valence-electron chi connectivity index (χ0n) is 8.54. The van der Waals surface area contributed by atoms with Gasteiger partial charge in [-0.05, 0) is 18.2 Å². The van der Waals surface area contributed by atoms with Crippen LogP contribution in [0.5, 0.6) is 0 Å². The van der Waals surface area contributed by atoms with Crippen molar-refractivity contribution in [3.05, 3.63) is 34.9 Å². The third kappa shape index (κ3) is 1.68. The second-order valence-electron chi connectivity index (χ2n) is 3.35. The average molecular weight is 245 g/mol. The molecule has 1 aliphatic heterocycles. The molecule has 4 nitrogen and oxygen atoms in total. The van der Waals surface area contributed by atoms with Crippen molar-refractivity contribution in [1.82, 2.24) is 5.06 Å². The second-order valence-corrected chi connectivity index (χ2v) is 3.35. The number of halogens is 3. The van der Waals surface area contributed by atoms with E-state index in [1.807, 2.05) is 0 Å². The molecule has 0 saturated heterocycles. The van der Waals surface area contributed by atoms with Crippen LogP contribution >= 0.6 is 0 Å². The maximum absolute atomic E-state index is 12.4. The summed E-state index contributed by atoms with van der Waals surface area (Å²) < 4.78 is 37.3. The molecule has 17 heavy (non-hydrogen) atoms. The van der Waals surface area contributed by atoms with Crippen LogP contribution in [0.2, 0.25) is 0 Å². The smallest absolute Gasteiger partial charge is 0.266 e. The van der Waals surface area contributed by atoms with Gasteiger partial charge in [-0.1, -0.05) is 0 Å². The van der Waals surface area contributed by atoms with Crippen molar-refractivity contribution in [2.24, 2.45) is 0 Å². The largest absolute Gasteiger partial charge is 0.416 e. The summed E-state index contributed by atoms with van der Waals surface area (Å²) >= 11 is 0. The number of rotatable bonds is 1. The first-order valence-electron chi connectivity index (χ1n) is 4.50. The number of carbonyl (C=O) groups excluding carboxylic acids is 2. The van der Waals surface area contributed by atoms with Crippen LogP contribution < -0.4 is 0 Å². The highest BCUT2D eigenvalue weighted by molar-refractivity contribution is 6.20. The summed E-state index contributed by atoms with van der Waals surface area (Å²) in [6.45, 7) is 0. The summed E-state index contributed by atoms with van der Waals surface area (Å²) in [6.07, 6.45) is -4.56. The van der Waals surface area contributed by atoms with Gasteiger partial charge in [0.25, 0.3) is 11.8 Å². The highest BCUT2D eigenvalue weighted by Crippen LogP contribution is 2.33. The Labute approximate surface area is 93.5 Å². The lowest BCUT2D eigenvalue weighted by atomic mass is 10.1. The molecule has 0 N–H and O–H groups in total. The van der Waals surface area contributed by atoms with Crippen LogP contribution in [0.1, 0.15) is 26.3 Å². The minimum atomic E-state index is -4.56. The Balaban J connectivity index is 2.54. The molecule has 0 aromatic heterocycles. The van der Waals surface area contributed by atoms with Crippen LogP contribution in [0.4, 0.5) is 13.2 Å². The molecule has 1 aliphatic rings. The predicted molar refractivity (Wildman–Crippen MR) is 49.0 cm³/mol. The number of amides is 2. The van der Waals surface area contributed by atoms with Gasteiger partial charge in [-0.3, -0.25) is 14.4 Å². The number of hydrogen-bond donors (Lipinski definition) is 0. The van der Waals surface area contributed by atoms with E-state index in [2.05, 4.69) is 4.84 Å². The maximum Gasteiger partial charge on any atom is 0.416 e. The lowest BCUT2D eigenvalue weighted by Gasteiger charge is -2.08. The Morgan fingerprint density at radius 1 is 1.12 bits per heavy atom. The van der Waals surface area contributed by atoms with Gasteiger partial charge < -0.3 is 0 Å². The van der Waals surface area contributed by atoms with Crippen LogP contribution in [0.15, 0.2) is 18.2 Å².